The third kappa shape index (κ3) is 7.67. The number of benzene rings is 3. The van der Waals surface area contributed by atoms with Crippen molar-refractivity contribution in [1.82, 2.24) is 19.4 Å². The number of ether oxygens (including phenoxy) is 1. The highest BCUT2D eigenvalue weighted by Gasteiger charge is 2.20. The first-order valence-electron chi connectivity index (χ1n) is 18.1. The fourth-order valence-electron chi connectivity index (χ4n) is 6.94. The second-order valence-corrected chi connectivity index (χ2v) is 13.5. The molecule has 0 saturated heterocycles. The number of para-hydroxylation sites is 1. The highest BCUT2D eigenvalue weighted by Crippen LogP contribution is 2.33. The van der Waals surface area contributed by atoms with Crippen molar-refractivity contribution < 1.29 is 9.53 Å². The second-order valence-electron chi connectivity index (χ2n) is 13.5. The molecule has 252 valence electrons. The van der Waals surface area contributed by atoms with Gasteiger partial charge >= 0.3 is 0 Å². The van der Waals surface area contributed by atoms with Crippen LogP contribution in [-0.4, -0.2) is 51.6 Å². The number of nitrogens with zero attached hydrogens (tertiary/aromatic N) is 4. The van der Waals surface area contributed by atoms with Gasteiger partial charge in [0.05, 0.1) is 23.2 Å². The van der Waals surface area contributed by atoms with Gasteiger partial charge in [0.15, 0.2) is 0 Å². The van der Waals surface area contributed by atoms with Crippen molar-refractivity contribution in [2.45, 2.75) is 85.6 Å². The fraction of sp³-hybridized carbons (Fsp3) is 0.439. The molecule has 0 unspecified atom stereocenters. The van der Waals surface area contributed by atoms with E-state index in [9.17, 15) is 4.79 Å². The number of nitrogens with one attached hydrogen (secondary N) is 1. The number of anilines is 1. The lowest BCUT2D eigenvalue weighted by atomic mass is 9.92. The standard InChI is InChI=1S/C41H51N5O2/c1-5-45(25-12-11-24-42-40-33-13-7-9-15-35(33)43-36-16-10-8-14-34(36)40)41(47)31-19-22-38-37(28-31)44-39(46(38)26-23-29(3)4)27-30-17-20-32(21-18-30)48-6-2/h7,9,13,15,17-22,28-29H,5-6,8,10-12,14,16,23-27H2,1-4H3,(H,42,43). The number of unbranched alkanes of at least 4 members (excludes halogenated alkanes) is 1. The Balaban J connectivity index is 1.12. The van der Waals surface area contributed by atoms with E-state index in [0.29, 0.717) is 24.6 Å². The Morgan fingerprint density at radius 2 is 1.77 bits per heavy atom. The van der Waals surface area contributed by atoms with Gasteiger partial charge in [-0.05, 0) is 112 Å². The Morgan fingerprint density at radius 3 is 2.56 bits per heavy atom. The molecular formula is C41H51N5O2. The van der Waals surface area contributed by atoms with Crippen molar-refractivity contribution >= 4 is 33.5 Å². The van der Waals surface area contributed by atoms with Crippen molar-refractivity contribution in [2.75, 3.05) is 31.6 Å². The minimum atomic E-state index is 0.0753. The van der Waals surface area contributed by atoms with Gasteiger partial charge in [-0.15, -0.1) is 0 Å². The highest BCUT2D eigenvalue weighted by molar-refractivity contribution is 5.97. The summed E-state index contributed by atoms with van der Waals surface area (Å²) in [4.78, 5) is 25.8. The van der Waals surface area contributed by atoms with Crippen LogP contribution in [0.1, 0.15) is 92.8 Å². The van der Waals surface area contributed by atoms with Crippen LogP contribution in [0.2, 0.25) is 0 Å². The van der Waals surface area contributed by atoms with Gasteiger partial charge in [-0.1, -0.05) is 44.2 Å². The molecule has 0 bridgehead atoms. The molecule has 0 saturated carbocycles. The maximum Gasteiger partial charge on any atom is 0.253 e. The summed E-state index contributed by atoms with van der Waals surface area (Å²) < 4.78 is 7.98. The quantitative estimate of drug-likeness (QED) is 0.115. The Hall–Kier alpha value is -4.39. The average Bonchev–Trinajstić information content (AvgIpc) is 3.45. The summed E-state index contributed by atoms with van der Waals surface area (Å²) in [5, 5.41) is 4.99. The molecule has 1 aliphatic rings. The number of hydrogen-bond donors (Lipinski definition) is 1. The highest BCUT2D eigenvalue weighted by atomic mass is 16.5. The summed E-state index contributed by atoms with van der Waals surface area (Å²) in [6.45, 7) is 12.4. The van der Waals surface area contributed by atoms with Crippen LogP contribution in [0.3, 0.4) is 0 Å². The number of aromatic nitrogens is 3. The molecule has 0 spiro atoms. The first-order valence-corrected chi connectivity index (χ1v) is 18.1. The number of amides is 1. The molecule has 48 heavy (non-hydrogen) atoms. The summed E-state index contributed by atoms with van der Waals surface area (Å²) in [7, 11) is 0. The lowest BCUT2D eigenvalue weighted by molar-refractivity contribution is 0.0762. The number of carbonyl (C=O) groups excluding carboxylic acids is 1. The number of fused-ring (bicyclic) bond motifs is 3. The number of hydrogen-bond acceptors (Lipinski definition) is 5. The number of imidazole rings is 1. The van der Waals surface area contributed by atoms with Gasteiger partial charge < -0.3 is 19.5 Å². The SMILES string of the molecule is CCOc1ccc(Cc2nc3cc(C(=O)N(CC)CCCCNc4c5c(nc6ccccc46)CCCC5)ccc3n2CCC(C)C)cc1. The molecule has 6 rings (SSSR count). The molecule has 3 aromatic carbocycles. The maximum atomic E-state index is 13.8. The summed E-state index contributed by atoms with van der Waals surface area (Å²) in [5.41, 5.74) is 8.88. The molecule has 0 radical (unpaired) electrons. The molecular weight excluding hydrogens is 594 g/mol. The number of rotatable bonds is 15. The lowest BCUT2D eigenvalue weighted by Crippen LogP contribution is -2.32. The molecule has 0 fully saturated rings. The minimum absolute atomic E-state index is 0.0753. The van der Waals surface area contributed by atoms with E-state index in [2.05, 4.69) is 73.1 Å². The van der Waals surface area contributed by atoms with E-state index in [1.54, 1.807) is 0 Å². The van der Waals surface area contributed by atoms with Crippen molar-refractivity contribution in [3.05, 3.63) is 94.9 Å². The monoisotopic (exact) mass is 645 g/mol. The second kappa shape index (κ2) is 15.7. The van der Waals surface area contributed by atoms with Crippen LogP contribution in [-0.2, 0) is 25.8 Å². The van der Waals surface area contributed by atoms with E-state index in [0.717, 1.165) is 86.3 Å². The van der Waals surface area contributed by atoms with E-state index in [1.165, 1.54) is 40.7 Å². The van der Waals surface area contributed by atoms with Crippen LogP contribution in [0, 0.1) is 5.92 Å². The fourth-order valence-corrected chi connectivity index (χ4v) is 6.94. The Labute approximate surface area is 285 Å². The number of aryl methyl sites for hydroxylation is 2. The van der Waals surface area contributed by atoms with Crippen LogP contribution >= 0.6 is 0 Å². The normalized spacial score (nSPS) is 12.9. The van der Waals surface area contributed by atoms with Gasteiger partial charge in [-0.2, -0.15) is 0 Å². The zero-order valence-electron chi connectivity index (χ0n) is 29.2. The van der Waals surface area contributed by atoms with Crippen LogP contribution in [0.15, 0.2) is 66.7 Å². The van der Waals surface area contributed by atoms with Crippen LogP contribution in [0.4, 0.5) is 5.69 Å². The number of pyridine rings is 1. The third-order valence-corrected chi connectivity index (χ3v) is 9.60. The topological polar surface area (TPSA) is 72.3 Å². The van der Waals surface area contributed by atoms with E-state index >= 15 is 0 Å². The van der Waals surface area contributed by atoms with Crippen molar-refractivity contribution in [1.29, 1.82) is 0 Å². The summed E-state index contributed by atoms with van der Waals surface area (Å²) in [5.74, 6) is 2.58. The van der Waals surface area contributed by atoms with E-state index in [-0.39, 0.29) is 5.91 Å². The molecule has 7 nitrogen and oxygen atoms in total. The Morgan fingerprint density at radius 1 is 0.958 bits per heavy atom. The molecule has 5 aromatic rings. The lowest BCUT2D eigenvalue weighted by Gasteiger charge is -2.23. The molecule has 2 heterocycles. The zero-order chi connectivity index (χ0) is 33.5. The van der Waals surface area contributed by atoms with Crippen LogP contribution < -0.4 is 10.1 Å². The minimum Gasteiger partial charge on any atom is -0.494 e. The Bertz CT molecular complexity index is 1840. The molecule has 1 amide bonds. The predicted molar refractivity (Wildman–Crippen MR) is 197 cm³/mol. The molecule has 1 aliphatic carbocycles. The van der Waals surface area contributed by atoms with Gasteiger partial charge in [0, 0.05) is 54.9 Å². The van der Waals surface area contributed by atoms with Gasteiger partial charge in [-0.3, -0.25) is 9.78 Å². The zero-order valence-corrected chi connectivity index (χ0v) is 29.2. The van der Waals surface area contributed by atoms with Gasteiger partial charge in [-0.25, -0.2) is 4.98 Å². The molecule has 1 N–H and O–H groups in total. The van der Waals surface area contributed by atoms with Crippen molar-refractivity contribution in [3.8, 4) is 5.75 Å². The average molecular weight is 646 g/mol. The third-order valence-electron chi connectivity index (χ3n) is 9.60. The summed E-state index contributed by atoms with van der Waals surface area (Å²) in [6, 6.07) is 22.8. The van der Waals surface area contributed by atoms with Gasteiger partial charge in [0.2, 0.25) is 0 Å². The molecule has 2 aromatic heterocycles. The summed E-state index contributed by atoms with van der Waals surface area (Å²) >= 11 is 0. The van der Waals surface area contributed by atoms with Crippen molar-refractivity contribution in [3.63, 3.8) is 0 Å². The van der Waals surface area contributed by atoms with Crippen LogP contribution in [0.25, 0.3) is 21.9 Å². The summed E-state index contributed by atoms with van der Waals surface area (Å²) in [6.07, 6.45) is 8.34. The van der Waals surface area contributed by atoms with E-state index < -0.39 is 0 Å². The molecule has 0 atom stereocenters. The van der Waals surface area contributed by atoms with Crippen molar-refractivity contribution in [2.24, 2.45) is 5.92 Å². The van der Waals surface area contributed by atoms with Gasteiger partial charge in [0.25, 0.3) is 5.91 Å². The number of carbonyl (C=O) groups is 1. The van der Waals surface area contributed by atoms with Crippen LogP contribution in [0.5, 0.6) is 5.75 Å². The molecule has 0 aliphatic heterocycles. The maximum absolute atomic E-state index is 13.8. The first kappa shape index (κ1) is 33.5. The largest absolute Gasteiger partial charge is 0.494 e. The smallest absolute Gasteiger partial charge is 0.253 e. The van der Waals surface area contributed by atoms with Gasteiger partial charge in [0.1, 0.15) is 11.6 Å². The Kier molecular flexibility index (Phi) is 10.9. The van der Waals surface area contributed by atoms with E-state index in [1.807, 2.05) is 36.1 Å². The molecule has 7 heteroatoms. The first-order chi connectivity index (χ1) is 23.4. The van der Waals surface area contributed by atoms with E-state index in [4.69, 9.17) is 14.7 Å². The predicted octanol–water partition coefficient (Wildman–Crippen LogP) is 8.85.